The predicted octanol–water partition coefficient (Wildman–Crippen LogP) is 1.92. The maximum absolute atomic E-state index is 5.84. The van der Waals surface area contributed by atoms with Gasteiger partial charge >= 0.3 is 0 Å². The van der Waals surface area contributed by atoms with E-state index in [0.717, 1.165) is 32.1 Å². The van der Waals surface area contributed by atoms with Crippen LogP contribution in [0.15, 0.2) is 48.8 Å². The molecule has 0 bridgehead atoms. The lowest BCUT2D eigenvalue weighted by molar-refractivity contribution is 0.0405. The van der Waals surface area contributed by atoms with Crippen LogP contribution >= 0.6 is 0 Å². The number of anilines is 1. The average molecular weight is 255 g/mol. The number of ether oxygens (including phenoxy) is 1. The first-order valence-corrected chi connectivity index (χ1v) is 6.59. The largest absolute Gasteiger partial charge is 0.374 e. The summed E-state index contributed by atoms with van der Waals surface area (Å²) in [5, 5.41) is 0. The molecule has 1 aliphatic rings. The van der Waals surface area contributed by atoms with Crippen molar-refractivity contribution in [2.75, 3.05) is 24.6 Å². The van der Waals surface area contributed by atoms with Crippen molar-refractivity contribution in [3.63, 3.8) is 0 Å². The molecular formula is C15H17N3O. The molecule has 2 aromatic rings. The fourth-order valence-electron chi connectivity index (χ4n) is 2.36. The van der Waals surface area contributed by atoms with Crippen molar-refractivity contribution in [3.05, 3.63) is 54.4 Å². The lowest BCUT2D eigenvalue weighted by atomic mass is 10.1. The van der Waals surface area contributed by atoms with E-state index in [2.05, 4.69) is 39.1 Å². The molecule has 1 fully saturated rings. The summed E-state index contributed by atoms with van der Waals surface area (Å²) in [4.78, 5) is 10.8. The predicted molar refractivity (Wildman–Crippen MR) is 74.1 cm³/mol. The van der Waals surface area contributed by atoms with Gasteiger partial charge in [-0.2, -0.15) is 0 Å². The number of morpholine rings is 1. The van der Waals surface area contributed by atoms with E-state index < -0.39 is 0 Å². The van der Waals surface area contributed by atoms with Gasteiger partial charge in [0.2, 0.25) is 5.95 Å². The minimum absolute atomic E-state index is 0.208. The maximum atomic E-state index is 5.84. The Balaban J connectivity index is 1.65. The van der Waals surface area contributed by atoms with Crippen LogP contribution in [0.3, 0.4) is 0 Å². The van der Waals surface area contributed by atoms with E-state index in [-0.39, 0.29) is 6.10 Å². The highest BCUT2D eigenvalue weighted by molar-refractivity contribution is 5.29. The van der Waals surface area contributed by atoms with Gasteiger partial charge in [-0.15, -0.1) is 0 Å². The molecule has 0 saturated carbocycles. The number of hydrogen-bond donors (Lipinski definition) is 0. The third kappa shape index (κ3) is 3.09. The van der Waals surface area contributed by atoms with Crippen molar-refractivity contribution in [1.82, 2.24) is 9.97 Å². The summed E-state index contributed by atoms with van der Waals surface area (Å²) in [6, 6.07) is 12.3. The number of hydrogen-bond acceptors (Lipinski definition) is 4. The molecule has 3 rings (SSSR count). The van der Waals surface area contributed by atoms with Crippen molar-refractivity contribution < 1.29 is 4.74 Å². The molecule has 4 nitrogen and oxygen atoms in total. The molecule has 0 N–H and O–H groups in total. The Morgan fingerprint density at radius 1 is 1.11 bits per heavy atom. The van der Waals surface area contributed by atoms with Crippen LogP contribution in [0, 0.1) is 0 Å². The molecule has 1 aliphatic heterocycles. The number of nitrogens with zero attached hydrogens (tertiary/aromatic N) is 3. The Morgan fingerprint density at radius 3 is 2.68 bits per heavy atom. The molecule has 1 saturated heterocycles. The molecule has 19 heavy (non-hydrogen) atoms. The summed E-state index contributed by atoms with van der Waals surface area (Å²) in [5.74, 6) is 0.795. The van der Waals surface area contributed by atoms with Gasteiger partial charge in [-0.1, -0.05) is 30.3 Å². The van der Waals surface area contributed by atoms with Crippen LogP contribution in [-0.4, -0.2) is 35.8 Å². The van der Waals surface area contributed by atoms with Crippen LogP contribution in [-0.2, 0) is 11.2 Å². The highest BCUT2D eigenvalue weighted by Gasteiger charge is 2.22. The molecule has 2 heterocycles. The van der Waals surface area contributed by atoms with E-state index in [0.29, 0.717) is 0 Å². The molecule has 1 aromatic heterocycles. The summed E-state index contributed by atoms with van der Waals surface area (Å²) in [7, 11) is 0. The number of benzene rings is 1. The van der Waals surface area contributed by atoms with Crippen molar-refractivity contribution >= 4 is 5.95 Å². The molecule has 0 spiro atoms. The topological polar surface area (TPSA) is 38.2 Å². The highest BCUT2D eigenvalue weighted by atomic mass is 16.5. The standard InChI is InChI=1S/C15H17N3O/c1-2-5-13(6-3-1)11-14-12-18(9-10-19-14)15-16-7-4-8-17-15/h1-8,14H,9-12H2/t14-/m0/s1. The van der Waals surface area contributed by atoms with Crippen molar-refractivity contribution in [2.24, 2.45) is 0 Å². The lowest BCUT2D eigenvalue weighted by Gasteiger charge is -2.33. The second kappa shape index (κ2) is 5.80. The summed E-state index contributed by atoms with van der Waals surface area (Å²) < 4.78 is 5.84. The summed E-state index contributed by atoms with van der Waals surface area (Å²) in [6.07, 6.45) is 4.71. The Hall–Kier alpha value is -1.94. The van der Waals surface area contributed by atoms with Crippen LogP contribution in [0.25, 0.3) is 0 Å². The second-order valence-corrected chi connectivity index (χ2v) is 4.68. The number of aromatic nitrogens is 2. The Labute approximate surface area is 113 Å². The van der Waals surface area contributed by atoms with Gasteiger partial charge in [0.05, 0.1) is 12.7 Å². The van der Waals surface area contributed by atoms with E-state index in [1.54, 1.807) is 12.4 Å². The van der Waals surface area contributed by atoms with Gasteiger partial charge < -0.3 is 9.64 Å². The zero-order chi connectivity index (χ0) is 12.9. The van der Waals surface area contributed by atoms with Gasteiger partial charge in [-0.3, -0.25) is 0 Å². The molecule has 4 heteroatoms. The van der Waals surface area contributed by atoms with Crippen LogP contribution in [0.1, 0.15) is 5.56 Å². The molecular weight excluding hydrogens is 238 g/mol. The van der Waals surface area contributed by atoms with E-state index in [1.165, 1.54) is 5.56 Å². The fraction of sp³-hybridized carbons (Fsp3) is 0.333. The van der Waals surface area contributed by atoms with E-state index >= 15 is 0 Å². The summed E-state index contributed by atoms with van der Waals surface area (Å²) in [6.45, 7) is 2.43. The van der Waals surface area contributed by atoms with Crippen molar-refractivity contribution in [3.8, 4) is 0 Å². The van der Waals surface area contributed by atoms with Crippen LogP contribution in [0.2, 0.25) is 0 Å². The molecule has 1 atom stereocenters. The van der Waals surface area contributed by atoms with Crippen molar-refractivity contribution in [2.45, 2.75) is 12.5 Å². The normalized spacial score (nSPS) is 19.4. The fourth-order valence-corrected chi connectivity index (χ4v) is 2.36. The van der Waals surface area contributed by atoms with Gasteiger partial charge in [0, 0.05) is 31.9 Å². The average Bonchev–Trinajstić information content (AvgIpc) is 2.49. The minimum atomic E-state index is 0.208. The van der Waals surface area contributed by atoms with Crippen LogP contribution < -0.4 is 4.90 Å². The Bertz CT molecular complexity index is 503. The first-order valence-electron chi connectivity index (χ1n) is 6.59. The maximum Gasteiger partial charge on any atom is 0.225 e. The SMILES string of the molecule is c1ccc(C[C@H]2CN(c3ncccn3)CCO2)cc1. The van der Waals surface area contributed by atoms with Gasteiger partial charge in [0.15, 0.2) is 0 Å². The smallest absolute Gasteiger partial charge is 0.225 e. The Morgan fingerprint density at radius 2 is 1.89 bits per heavy atom. The van der Waals surface area contributed by atoms with E-state index in [1.807, 2.05) is 12.1 Å². The Kier molecular flexibility index (Phi) is 3.70. The summed E-state index contributed by atoms with van der Waals surface area (Å²) >= 11 is 0. The van der Waals surface area contributed by atoms with Crippen LogP contribution in [0.5, 0.6) is 0 Å². The second-order valence-electron chi connectivity index (χ2n) is 4.68. The van der Waals surface area contributed by atoms with Gasteiger partial charge in [-0.25, -0.2) is 9.97 Å². The number of rotatable bonds is 3. The van der Waals surface area contributed by atoms with Gasteiger partial charge in [-0.05, 0) is 11.6 Å². The zero-order valence-corrected chi connectivity index (χ0v) is 10.8. The molecule has 98 valence electrons. The third-order valence-electron chi connectivity index (χ3n) is 3.28. The molecule has 0 unspecified atom stereocenters. The van der Waals surface area contributed by atoms with Crippen LogP contribution in [0.4, 0.5) is 5.95 Å². The van der Waals surface area contributed by atoms with E-state index in [9.17, 15) is 0 Å². The minimum Gasteiger partial charge on any atom is -0.374 e. The van der Waals surface area contributed by atoms with Gasteiger partial charge in [0.1, 0.15) is 0 Å². The summed E-state index contributed by atoms with van der Waals surface area (Å²) in [5.41, 5.74) is 1.31. The first-order chi connectivity index (χ1) is 9.42. The zero-order valence-electron chi connectivity index (χ0n) is 10.8. The first kappa shape index (κ1) is 12.1. The lowest BCUT2D eigenvalue weighted by Crippen LogP contribution is -2.44. The monoisotopic (exact) mass is 255 g/mol. The highest BCUT2D eigenvalue weighted by Crippen LogP contribution is 2.15. The molecule has 0 amide bonds. The molecule has 0 aliphatic carbocycles. The quantitative estimate of drug-likeness (QED) is 0.840. The molecule has 0 radical (unpaired) electrons. The van der Waals surface area contributed by atoms with Gasteiger partial charge in [0.25, 0.3) is 0 Å². The van der Waals surface area contributed by atoms with Crippen molar-refractivity contribution in [1.29, 1.82) is 0 Å². The van der Waals surface area contributed by atoms with E-state index in [4.69, 9.17) is 4.74 Å². The third-order valence-corrected chi connectivity index (χ3v) is 3.28. The molecule has 1 aromatic carbocycles.